The fourth-order valence-electron chi connectivity index (χ4n) is 2.25. The molecule has 1 saturated heterocycles. The number of nitrogens with zero attached hydrogens (tertiary/aromatic N) is 3. The van der Waals surface area contributed by atoms with Gasteiger partial charge in [0.2, 0.25) is 0 Å². The summed E-state index contributed by atoms with van der Waals surface area (Å²) in [7, 11) is 0. The molecule has 2 rings (SSSR count). The second-order valence-corrected chi connectivity index (χ2v) is 4.46. The Bertz CT molecular complexity index is 405. The first-order valence-corrected chi connectivity index (χ1v) is 6.25. The second-order valence-electron chi connectivity index (χ2n) is 4.46. The van der Waals surface area contributed by atoms with E-state index in [-0.39, 0.29) is 12.5 Å². The molecule has 0 bridgehead atoms. The predicted octanol–water partition coefficient (Wildman–Crippen LogP) is 0.579. The quantitative estimate of drug-likeness (QED) is 0.831. The Balaban J connectivity index is 1.91. The van der Waals surface area contributed by atoms with Crippen molar-refractivity contribution in [1.29, 1.82) is 0 Å². The van der Waals surface area contributed by atoms with Crippen molar-refractivity contribution in [2.45, 2.75) is 32.5 Å². The maximum absolute atomic E-state index is 10.7. The molecule has 1 N–H and O–H groups in total. The number of aliphatic carboxylic acids is 1. The summed E-state index contributed by atoms with van der Waals surface area (Å²) >= 11 is 0. The van der Waals surface area contributed by atoms with Gasteiger partial charge in [-0.2, -0.15) is 5.10 Å². The van der Waals surface area contributed by atoms with Gasteiger partial charge in [-0.15, -0.1) is 0 Å². The third kappa shape index (κ3) is 3.30. The van der Waals surface area contributed by atoms with Crippen LogP contribution in [0.25, 0.3) is 0 Å². The highest BCUT2D eigenvalue weighted by Crippen LogP contribution is 2.12. The van der Waals surface area contributed by atoms with E-state index in [9.17, 15) is 4.79 Å². The van der Waals surface area contributed by atoms with Gasteiger partial charge in [0.05, 0.1) is 24.8 Å². The molecule has 1 aromatic heterocycles. The van der Waals surface area contributed by atoms with Crippen molar-refractivity contribution < 1.29 is 14.6 Å². The smallest absolute Gasteiger partial charge is 0.306 e. The third-order valence-corrected chi connectivity index (χ3v) is 3.11. The minimum Gasteiger partial charge on any atom is -0.481 e. The van der Waals surface area contributed by atoms with Crippen LogP contribution < -0.4 is 0 Å². The number of rotatable bonds is 5. The van der Waals surface area contributed by atoms with Crippen molar-refractivity contribution in [2.75, 3.05) is 19.7 Å². The van der Waals surface area contributed by atoms with Gasteiger partial charge in [-0.25, -0.2) is 0 Å². The zero-order valence-electron chi connectivity index (χ0n) is 10.6. The second kappa shape index (κ2) is 5.97. The van der Waals surface area contributed by atoms with E-state index >= 15 is 0 Å². The van der Waals surface area contributed by atoms with Crippen LogP contribution in [0.5, 0.6) is 0 Å². The zero-order valence-corrected chi connectivity index (χ0v) is 10.6. The molecule has 1 aromatic rings. The fraction of sp³-hybridized carbons (Fsp3) is 0.667. The van der Waals surface area contributed by atoms with E-state index in [1.54, 1.807) is 6.20 Å². The molecule has 1 unspecified atom stereocenters. The monoisotopic (exact) mass is 253 g/mol. The molecule has 0 aliphatic carbocycles. The van der Waals surface area contributed by atoms with Crippen LogP contribution in [-0.2, 0) is 22.6 Å². The SMILES string of the molecule is CCn1nccc1CN1CCOC(CC(=O)O)C1. The highest BCUT2D eigenvalue weighted by atomic mass is 16.5. The topological polar surface area (TPSA) is 67.6 Å². The molecule has 1 atom stereocenters. The van der Waals surface area contributed by atoms with E-state index in [1.165, 1.54) is 0 Å². The third-order valence-electron chi connectivity index (χ3n) is 3.11. The van der Waals surface area contributed by atoms with Crippen molar-refractivity contribution in [3.63, 3.8) is 0 Å². The van der Waals surface area contributed by atoms with Crippen molar-refractivity contribution >= 4 is 5.97 Å². The Labute approximate surface area is 106 Å². The van der Waals surface area contributed by atoms with Crippen molar-refractivity contribution in [2.24, 2.45) is 0 Å². The van der Waals surface area contributed by atoms with Gasteiger partial charge in [0, 0.05) is 32.4 Å². The van der Waals surface area contributed by atoms with Crippen molar-refractivity contribution in [3.8, 4) is 0 Å². The van der Waals surface area contributed by atoms with Crippen LogP contribution in [0.15, 0.2) is 12.3 Å². The summed E-state index contributed by atoms with van der Waals surface area (Å²) in [4.78, 5) is 12.9. The van der Waals surface area contributed by atoms with Crippen LogP contribution in [0.1, 0.15) is 19.0 Å². The van der Waals surface area contributed by atoms with Gasteiger partial charge in [0.25, 0.3) is 0 Å². The molecule has 0 aromatic carbocycles. The first-order chi connectivity index (χ1) is 8.69. The molecule has 1 aliphatic heterocycles. The number of carboxylic acids is 1. The minimum atomic E-state index is -0.805. The maximum atomic E-state index is 10.7. The molecule has 2 heterocycles. The van der Waals surface area contributed by atoms with E-state index in [2.05, 4.69) is 16.9 Å². The average Bonchev–Trinajstić information content (AvgIpc) is 2.76. The summed E-state index contributed by atoms with van der Waals surface area (Å²) in [5, 5.41) is 13.0. The highest BCUT2D eigenvalue weighted by Gasteiger charge is 2.23. The number of hydrogen-bond acceptors (Lipinski definition) is 4. The summed E-state index contributed by atoms with van der Waals surface area (Å²) in [6, 6.07) is 2.01. The minimum absolute atomic E-state index is 0.0730. The Morgan fingerprint density at radius 2 is 2.50 bits per heavy atom. The standard InChI is InChI=1S/C12H19N3O3/c1-2-15-10(3-4-13-15)8-14-5-6-18-11(9-14)7-12(16)17/h3-4,11H,2,5-9H2,1H3,(H,16,17). The molecular weight excluding hydrogens is 234 g/mol. The van der Waals surface area contributed by atoms with Crippen molar-refractivity contribution in [1.82, 2.24) is 14.7 Å². The summed E-state index contributed by atoms with van der Waals surface area (Å²) in [6.45, 7) is 5.81. The number of aryl methyl sites for hydroxylation is 1. The number of aromatic nitrogens is 2. The molecule has 1 aliphatic rings. The largest absolute Gasteiger partial charge is 0.481 e. The lowest BCUT2D eigenvalue weighted by Gasteiger charge is -2.32. The predicted molar refractivity (Wildman–Crippen MR) is 65.2 cm³/mol. The van der Waals surface area contributed by atoms with Gasteiger partial charge in [0.1, 0.15) is 0 Å². The number of ether oxygens (including phenoxy) is 1. The number of hydrogen-bond donors (Lipinski definition) is 1. The summed E-state index contributed by atoms with van der Waals surface area (Å²) in [6.07, 6.45) is 1.67. The van der Waals surface area contributed by atoms with Gasteiger partial charge in [-0.1, -0.05) is 0 Å². The number of carbonyl (C=O) groups is 1. The average molecular weight is 253 g/mol. The summed E-state index contributed by atoms with van der Waals surface area (Å²) in [5.41, 5.74) is 1.16. The molecule has 6 nitrogen and oxygen atoms in total. The van der Waals surface area contributed by atoms with Crippen LogP contribution in [0.2, 0.25) is 0 Å². The molecular formula is C12H19N3O3. The van der Waals surface area contributed by atoms with Gasteiger partial charge in [0.15, 0.2) is 0 Å². The lowest BCUT2D eigenvalue weighted by molar-refractivity contribution is -0.142. The molecule has 6 heteroatoms. The normalized spacial score (nSPS) is 21.1. The first kappa shape index (κ1) is 13.0. The van der Waals surface area contributed by atoms with E-state index in [1.807, 2.05) is 10.7 Å². The molecule has 0 spiro atoms. The van der Waals surface area contributed by atoms with Crippen LogP contribution in [0.4, 0.5) is 0 Å². The molecule has 1 fully saturated rings. The van der Waals surface area contributed by atoms with Crippen LogP contribution in [-0.4, -0.2) is 51.6 Å². The molecule has 0 radical (unpaired) electrons. The Morgan fingerprint density at radius 3 is 3.22 bits per heavy atom. The molecule has 0 amide bonds. The van der Waals surface area contributed by atoms with Crippen LogP contribution in [0.3, 0.4) is 0 Å². The van der Waals surface area contributed by atoms with E-state index < -0.39 is 5.97 Å². The molecule has 18 heavy (non-hydrogen) atoms. The van der Waals surface area contributed by atoms with Crippen LogP contribution in [0, 0.1) is 0 Å². The Kier molecular flexibility index (Phi) is 4.33. The summed E-state index contributed by atoms with van der Waals surface area (Å²) in [5.74, 6) is -0.805. The van der Waals surface area contributed by atoms with Gasteiger partial charge in [-0.05, 0) is 13.0 Å². The number of carboxylic acid groups (broad SMARTS) is 1. The molecule has 100 valence electrons. The van der Waals surface area contributed by atoms with Gasteiger partial charge < -0.3 is 9.84 Å². The highest BCUT2D eigenvalue weighted by molar-refractivity contribution is 5.67. The lowest BCUT2D eigenvalue weighted by Crippen LogP contribution is -2.43. The molecule has 0 saturated carbocycles. The van der Waals surface area contributed by atoms with E-state index in [0.29, 0.717) is 13.2 Å². The number of morpholine rings is 1. The lowest BCUT2D eigenvalue weighted by atomic mass is 10.2. The first-order valence-electron chi connectivity index (χ1n) is 6.25. The maximum Gasteiger partial charge on any atom is 0.306 e. The van der Waals surface area contributed by atoms with Gasteiger partial charge >= 0.3 is 5.97 Å². The van der Waals surface area contributed by atoms with E-state index in [4.69, 9.17) is 9.84 Å². The summed E-state index contributed by atoms with van der Waals surface area (Å²) < 4.78 is 7.41. The Morgan fingerprint density at radius 1 is 1.67 bits per heavy atom. The van der Waals surface area contributed by atoms with Gasteiger partial charge in [-0.3, -0.25) is 14.4 Å². The van der Waals surface area contributed by atoms with Crippen LogP contribution >= 0.6 is 0 Å². The zero-order chi connectivity index (χ0) is 13.0. The van der Waals surface area contributed by atoms with Crippen molar-refractivity contribution in [3.05, 3.63) is 18.0 Å². The van der Waals surface area contributed by atoms with E-state index in [0.717, 1.165) is 25.3 Å². The fourth-order valence-corrected chi connectivity index (χ4v) is 2.25. The Hall–Kier alpha value is -1.40.